The molecule has 1 unspecified atom stereocenters. The third-order valence-corrected chi connectivity index (χ3v) is 4.60. The first-order valence-corrected chi connectivity index (χ1v) is 8.89. The third-order valence-electron chi connectivity index (χ3n) is 4.60. The number of aryl methyl sites for hydroxylation is 2. The molecule has 26 heavy (non-hydrogen) atoms. The minimum absolute atomic E-state index is 0.0348. The number of carboxylic acid groups (broad SMARTS) is 1. The number of amides is 1. The first-order valence-electron chi connectivity index (χ1n) is 8.89. The SMILES string of the molecule is CCc1oc(C(=O)N2CCOC(CCc3ccccc3)C2)cc1C(=O)O. The van der Waals surface area contributed by atoms with Gasteiger partial charge in [0.1, 0.15) is 11.3 Å². The average Bonchev–Trinajstić information content (AvgIpc) is 3.11. The molecule has 1 N–H and O–H groups in total. The maximum Gasteiger partial charge on any atom is 0.339 e. The van der Waals surface area contributed by atoms with E-state index in [1.165, 1.54) is 11.6 Å². The van der Waals surface area contributed by atoms with Gasteiger partial charge in [0, 0.05) is 25.6 Å². The van der Waals surface area contributed by atoms with Crippen molar-refractivity contribution in [1.29, 1.82) is 0 Å². The zero-order valence-corrected chi connectivity index (χ0v) is 14.8. The molecular weight excluding hydrogens is 334 g/mol. The second kappa shape index (κ2) is 8.19. The Hall–Kier alpha value is -2.60. The van der Waals surface area contributed by atoms with Crippen LogP contribution in [0.2, 0.25) is 0 Å². The Morgan fingerprint density at radius 2 is 2.04 bits per heavy atom. The number of hydrogen-bond donors (Lipinski definition) is 1. The van der Waals surface area contributed by atoms with Crippen LogP contribution in [-0.2, 0) is 17.6 Å². The van der Waals surface area contributed by atoms with E-state index in [-0.39, 0.29) is 23.3 Å². The van der Waals surface area contributed by atoms with E-state index in [2.05, 4.69) is 12.1 Å². The Balaban J connectivity index is 1.63. The molecule has 0 bridgehead atoms. The Morgan fingerprint density at radius 1 is 1.27 bits per heavy atom. The summed E-state index contributed by atoms with van der Waals surface area (Å²) in [5, 5.41) is 9.22. The number of morpholine rings is 1. The largest absolute Gasteiger partial charge is 0.478 e. The molecule has 0 radical (unpaired) electrons. The van der Waals surface area contributed by atoms with Crippen LogP contribution in [0.3, 0.4) is 0 Å². The van der Waals surface area contributed by atoms with Crippen molar-refractivity contribution >= 4 is 11.9 Å². The van der Waals surface area contributed by atoms with Crippen LogP contribution in [0.4, 0.5) is 0 Å². The van der Waals surface area contributed by atoms with Crippen LogP contribution in [0.25, 0.3) is 0 Å². The van der Waals surface area contributed by atoms with Crippen LogP contribution in [0.15, 0.2) is 40.8 Å². The minimum atomic E-state index is -1.08. The summed E-state index contributed by atoms with van der Waals surface area (Å²) >= 11 is 0. The molecule has 1 aromatic heterocycles. The summed E-state index contributed by atoms with van der Waals surface area (Å²) in [7, 11) is 0. The van der Waals surface area contributed by atoms with E-state index >= 15 is 0 Å². The molecule has 138 valence electrons. The van der Waals surface area contributed by atoms with Crippen molar-refractivity contribution in [2.24, 2.45) is 0 Å². The number of rotatable bonds is 6. The third kappa shape index (κ3) is 4.14. The maximum absolute atomic E-state index is 12.7. The van der Waals surface area contributed by atoms with Gasteiger partial charge in [-0.3, -0.25) is 4.79 Å². The summed E-state index contributed by atoms with van der Waals surface area (Å²) in [6.07, 6.45) is 2.11. The van der Waals surface area contributed by atoms with Gasteiger partial charge < -0.3 is 19.2 Å². The average molecular weight is 357 g/mol. The Morgan fingerprint density at radius 3 is 2.69 bits per heavy atom. The van der Waals surface area contributed by atoms with Crippen molar-refractivity contribution in [2.45, 2.75) is 32.3 Å². The Bertz CT molecular complexity index is 768. The number of furan rings is 1. The number of aromatic carboxylic acids is 1. The van der Waals surface area contributed by atoms with E-state index in [0.717, 1.165) is 12.8 Å². The van der Waals surface area contributed by atoms with Crippen molar-refractivity contribution in [1.82, 2.24) is 4.90 Å². The molecule has 1 fully saturated rings. The molecule has 1 aliphatic rings. The first-order chi connectivity index (χ1) is 12.6. The number of carboxylic acids is 1. The number of carbonyl (C=O) groups is 2. The van der Waals surface area contributed by atoms with Gasteiger partial charge in [-0.05, 0) is 18.4 Å². The molecule has 0 saturated carbocycles. The topological polar surface area (TPSA) is 80.0 Å². The molecular formula is C20H23NO5. The molecule has 1 atom stereocenters. The zero-order valence-electron chi connectivity index (χ0n) is 14.8. The van der Waals surface area contributed by atoms with Crippen LogP contribution in [0.5, 0.6) is 0 Å². The van der Waals surface area contributed by atoms with Crippen LogP contribution >= 0.6 is 0 Å². The minimum Gasteiger partial charge on any atom is -0.478 e. The van der Waals surface area contributed by atoms with Gasteiger partial charge in [-0.2, -0.15) is 0 Å². The molecule has 1 aliphatic heterocycles. The quantitative estimate of drug-likeness (QED) is 0.860. The van der Waals surface area contributed by atoms with Gasteiger partial charge in [0.25, 0.3) is 5.91 Å². The van der Waals surface area contributed by atoms with E-state index in [9.17, 15) is 14.7 Å². The van der Waals surface area contributed by atoms with E-state index < -0.39 is 5.97 Å². The lowest BCUT2D eigenvalue weighted by atomic mass is 10.1. The Kier molecular flexibility index (Phi) is 5.73. The fourth-order valence-electron chi connectivity index (χ4n) is 3.18. The highest BCUT2D eigenvalue weighted by molar-refractivity contribution is 5.96. The summed E-state index contributed by atoms with van der Waals surface area (Å²) in [5.41, 5.74) is 1.30. The number of hydrogen-bond acceptors (Lipinski definition) is 4. The van der Waals surface area contributed by atoms with Crippen LogP contribution in [0, 0.1) is 0 Å². The van der Waals surface area contributed by atoms with Gasteiger partial charge in [0.15, 0.2) is 5.76 Å². The number of ether oxygens (including phenoxy) is 1. The number of benzene rings is 1. The summed E-state index contributed by atoms with van der Waals surface area (Å²) < 4.78 is 11.3. The normalized spacial score (nSPS) is 17.3. The summed E-state index contributed by atoms with van der Waals surface area (Å²) in [6, 6.07) is 11.5. The van der Waals surface area contributed by atoms with E-state index in [4.69, 9.17) is 9.15 Å². The number of nitrogens with zero attached hydrogens (tertiary/aromatic N) is 1. The fourth-order valence-corrected chi connectivity index (χ4v) is 3.18. The van der Waals surface area contributed by atoms with Crippen LogP contribution in [0.1, 0.15) is 45.6 Å². The second-order valence-corrected chi connectivity index (χ2v) is 6.37. The Labute approximate surface area is 152 Å². The monoisotopic (exact) mass is 357 g/mol. The van der Waals surface area contributed by atoms with Gasteiger partial charge in [-0.1, -0.05) is 37.3 Å². The van der Waals surface area contributed by atoms with Gasteiger partial charge in [-0.15, -0.1) is 0 Å². The van der Waals surface area contributed by atoms with Crippen molar-refractivity contribution in [3.63, 3.8) is 0 Å². The summed E-state index contributed by atoms with van der Waals surface area (Å²) in [4.78, 5) is 25.7. The van der Waals surface area contributed by atoms with Crippen molar-refractivity contribution in [3.05, 3.63) is 59.0 Å². The predicted molar refractivity (Wildman–Crippen MR) is 95.5 cm³/mol. The van der Waals surface area contributed by atoms with Gasteiger partial charge in [0.2, 0.25) is 0 Å². The first kappa shape index (κ1) is 18.2. The molecule has 1 saturated heterocycles. The lowest BCUT2D eigenvalue weighted by Crippen LogP contribution is -2.45. The molecule has 1 amide bonds. The van der Waals surface area contributed by atoms with Gasteiger partial charge in [-0.25, -0.2) is 4.79 Å². The van der Waals surface area contributed by atoms with E-state index in [1.54, 1.807) is 11.8 Å². The highest BCUT2D eigenvalue weighted by Gasteiger charge is 2.28. The van der Waals surface area contributed by atoms with Crippen molar-refractivity contribution < 1.29 is 23.8 Å². The van der Waals surface area contributed by atoms with Crippen molar-refractivity contribution in [2.75, 3.05) is 19.7 Å². The molecule has 0 aliphatic carbocycles. The van der Waals surface area contributed by atoms with Crippen LogP contribution in [-0.4, -0.2) is 47.7 Å². The lowest BCUT2D eigenvalue weighted by molar-refractivity contribution is -0.0255. The van der Waals surface area contributed by atoms with E-state index in [0.29, 0.717) is 31.9 Å². The molecule has 6 nitrogen and oxygen atoms in total. The maximum atomic E-state index is 12.7. The van der Waals surface area contributed by atoms with Gasteiger partial charge in [0.05, 0.1) is 12.7 Å². The summed E-state index contributed by atoms with van der Waals surface area (Å²) in [5.74, 6) is -0.940. The molecule has 1 aromatic carbocycles. The smallest absolute Gasteiger partial charge is 0.339 e. The van der Waals surface area contributed by atoms with E-state index in [1.807, 2.05) is 18.2 Å². The zero-order chi connectivity index (χ0) is 18.5. The van der Waals surface area contributed by atoms with Gasteiger partial charge >= 0.3 is 5.97 Å². The standard InChI is InChI=1S/C20H23NO5/c1-2-17-16(20(23)24)12-18(26-17)19(22)21-10-11-25-15(13-21)9-8-14-6-4-3-5-7-14/h3-7,12,15H,2,8-11,13H2,1H3,(H,23,24). The highest BCUT2D eigenvalue weighted by atomic mass is 16.5. The van der Waals surface area contributed by atoms with Crippen molar-refractivity contribution in [3.8, 4) is 0 Å². The molecule has 6 heteroatoms. The summed E-state index contributed by atoms with van der Waals surface area (Å²) in [6.45, 7) is 3.23. The lowest BCUT2D eigenvalue weighted by Gasteiger charge is -2.32. The fraction of sp³-hybridized carbons (Fsp3) is 0.400. The molecule has 0 spiro atoms. The molecule has 2 heterocycles. The molecule has 2 aromatic rings. The highest BCUT2D eigenvalue weighted by Crippen LogP contribution is 2.20. The number of carbonyl (C=O) groups excluding carboxylic acids is 1. The molecule has 3 rings (SSSR count). The predicted octanol–water partition coefficient (Wildman–Crippen LogP) is 3.01. The van der Waals surface area contributed by atoms with Crippen LogP contribution < -0.4 is 0 Å². The second-order valence-electron chi connectivity index (χ2n) is 6.37.